The molecule has 30 heavy (non-hydrogen) atoms. The second-order valence-corrected chi connectivity index (χ2v) is 9.12. The lowest BCUT2D eigenvalue weighted by atomic mass is 10.2. The maximum absolute atomic E-state index is 12.7. The highest BCUT2D eigenvalue weighted by molar-refractivity contribution is 7.89. The molecule has 1 aromatic heterocycles. The lowest BCUT2D eigenvalue weighted by molar-refractivity contribution is -0.116. The van der Waals surface area contributed by atoms with Gasteiger partial charge in [0.1, 0.15) is 6.54 Å². The van der Waals surface area contributed by atoms with Crippen LogP contribution in [0.25, 0.3) is 0 Å². The van der Waals surface area contributed by atoms with Gasteiger partial charge in [-0.1, -0.05) is 26.0 Å². The SMILES string of the molecule is CCN(CC)S(=O)(=O)c1ccc(=O)n(CC(=O)Nc2ccccc2N2CCCC2)c1. The standard InChI is InChI=1S/C21H28N4O4S/c1-3-25(4-2)30(28,29)17-11-12-21(27)24(15-17)16-20(26)22-18-9-5-6-10-19(18)23-13-7-8-14-23/h5-6,9-12,15H,3-4,7-8,13-14,16H2,1-2H3,(H,22,26). The minimum Gasteiger partial charge on any atom is -0.370 e. The second kappa shape index (κ2) is 9.44. The number of nitrogens with one attached hydrogen (secondary N) is 1. The summed E-state index contributed by atoms with van der Waals surface area (Å²) in [6.07, 6.45) is 3.47. The Bertz CT molecular complexity index is 1050. The lowest BCUT2D eigenvalue weighted by Gasteiger charge is -2.21. The summed E-state index contributed by atoms with van der Waals surface area (Å²) in [6, 6.07) is 10.0. The molecular formula is C21H28N4O4S. The molecule has 0 bridgehead atoms. The van der Waals surface area contributed by atoms with Gasteiger partial charge in [0, 0.05) is 38.4 Å². The fourth-order valence-electron chi connectivity index (χ4n) is 3.66. The van der Waals surface area contributed by atoms with Crippen LogP contribution in [0, 0.1) is 0 Å². The van der Waals surface area contributed by atoms with Gasteiger partial charge in [-0.05, 0) is 31.0 Å². The van der Waals surface area contributed by atoms with Crippen molar-refractivity contribution in [1.29, 1.82) is 0 Å². The normalized spacial score (nSPS) is 14.3. The minimum atomic E-state index is -3.72. The van der Waals surface area contributed by atoms with E-state index >= 15 is 0 Å². The van der Waals surface area contributed by atoms with Crippen molar-refractivity contribution in [2.45, 2.75) is 38.1 Å². The molecule has 2 aromatic rings. The predicted octanol–water partition coefficient (Wildman–Crippen LogP) is 2.12. The van der Waals surface area contributed by atoms with Crippen molar-refractivity contribution in [2.24, 2.45) is 0 Å². The predicted molar refractivity (Wildman–Crippen MR) is 117 cm³/mol. The van der Waals surface area contributed by atoms with E-state index in [0.29, 0.717) is 18.8 Å². The number of rotatable bonds is 8. The van der Waals surface area contributed by atoms with Gasteiger partial charge in [-0.15, -0.1) is 0 Å². The van der Waals surface area contributed by atoms with E-state index in [0.717, 1.165) is 36.2 Å². The highest BCUT2D eigenvalue weighted by Gasteiger charge is 2.23. The molecule has 9 heteroatoms. The second-order valence-electron chi connectivity index (χ2n) is 7.18. The van der Waals surface area contributed by atoms with Crippen LogP contribution in [0.4, 0.5) is 11.4 Å². The van der Waals surface area contributed by atoms with E-state index in [-0.39, 0.29) is 17.3 Å². The number of hydrogen-bond acceptors (Lipinski definition) is 5. The van der Waals surface area contributed by atoms with Gasteiger partial charge in [-0.25, -0.2) is 8.42 Å². The molecule has 1 fully saturated rings. The third kappa shape index (κ3) is 4.73. The molecule has 0 unspecified atom stereocenters. The summed E-state index contributed by atoms with van der Waals surface area (Å²) in [4.78, 5) is 27.1. The number of nitrogens with zero attached hydrogens (tertiary/aromatic N) is 3. The number of pyridine rings is 1. The smallest absolute Gasteiger partial charge is 0.251 e. The minimum absolute atomic E-state index is 0.00364. The van der Waals surface area contributed by atoms with Crippen LogP contribution in [-0.4, -0.2) is 49.4 Å². The van der Waals surface area contributed by atoms with Gasteiger partial charge in [0.15, 0.2) is 0 Å². The highest BCUT2D eigenvalue weighted by atomic mass is 32.2. The van der Waals surface area contributed by atoms with Crippen LogP contribution in [0.1, 0.15) is 26.7 Å². The number of para-hydroxylation sites is 2. The van der Waals surface area contributed by atoms with Gasteiger partial charge in [-0.3, -0.25) is 9.59 Å². The highest BCUT2D eigenvalue weighted by Crippen LogP contribution is 2.28. The van der Waals surface area contributed by atoms with Gasteiger partial charge >= 0.3 is 0 Å². The number of sulfonamides is 1. The van der Waals surface area contributed by atoms with Crippen LogP contribution in [0.2, 0.25) is 0 Å². The van der Waals surface area contributed by atoms with Crippen molar-refractivity contribution < 1.29 is 13.2 Å². The third-order valence-electron chi connectivity index (χ3n) is 5.24. The van der Waals surface area contributed by atoms with Crippen molar-refractivity contribution in [2.75, 3.05) is 36.4 Å². The largest absolute Gasteiger partial charge is 0.370 e. The molecule has 1 aliphatic heterocycles. The molecule has 1 aliphatic rings. The average molecular weight is 433 g/mol. The maximum atomic E-state index is 12.7. The summed E-state index contributed by atoms with van der Waals surface area (Å²) >= 11 is 0. The fraction of sp³-hybridized carbons (Fsp3) is 0.429. The molecule has 0 aliphatic carbocycles. The van der Waals surface area contributed by atoms with Gasteiger partial charge in [0.2, 0.25) is 15.9 Å². The van der Waals surface area contributed by atoms with Crippen LogP contribution >= 0.6 is 0 Å². The number of hydrogen-bond donors (Lipinski definition) is 1. The van der Waals surface area contributed by atoms with Gasteiger partial charge in [0.05, 0.1) is 16.3 Å². The third-order valence-corrected chi connectivity index (χ3v) is 7.27. The zero-order valence-corrected chi connectivity index (χ0v) is 18.2. The van der Waals surface area contributed by atoms with E-state index in [2.05, 4.69) is 10.2 Å². The fourth-order valence-corrected chi connectivity index (χ4v) is 5.13. The van der Waals surface area contributed by atoms with Crippen LogP contribution in [-0.2, 0) is 21.4 Å². The van der Waals surface area contributed by atoms with Crippen LogP contribution < -0.4 is 15.8 Å². The number of aromatic nitrogens is 1. The first-order valence-corrected chi connectivity index (χ1v) is 11.6. The molecule has 8 nitrogen and oxygen atoms in total. The Kier molecular flexibility index (Phi) is 6.94. The van der Waals surface area contributed by atoms with E-state index in [1.54, 1.807) is 13.8 Å². The van der Waals surface area contributed by atoms with Crippen molar-refractivity contribution >= 4 is 27.3 Å². The maximum Gasteiger partial charge on any atom is 0.251 e. The van der Waals surface area contributed by atoms with Crippen molar-refractivity contribution in [3.63, 3.8) is 0 Å². The first-order valence-electron chi connectivity index (χ1n) is 10.2. The van der Waals surface area contributed by atoms with E-state index < -0.39 is 15.6 Å². The number of amides is 1. The van der Waals surface area contributed by atoms with E-state index in [1.807, 2.05) is 24.3 Å². The lowest BCUT2D eigenvalue weighted by Crippen LogP contribution is -2.33. The molecule has 0 radical (unpaired) electrons. The monoisotopic (exact) mass is 432 g/mol. The summed E-state index contributed by atoms with van der Waals surface area (Å²) in [7, 11) is -3.72. The first kappa shape index (κ1) is 22.0. The van der Waals surface area contributed by atoms with Crippen LogP contribution in [0.5, 0.6) is 0 Å². The Hall–Kier alpha value is -2.65. The molecule has 3 rings (SSSR count). The number of benzene rings is 1. The summed E-state index contributed by atoms with van der Waals surface area (Å²) < 4.78 is 27.9. The summed E-state index contributed by atoms with van der Waals surface area (Å²) in [5.74, 6) is -0.388. The molecule has 1 N–H and O–H groups in total. The number of carbonyl (C=O) groups excluding carboxylic acids is 1. The number of anilines is 2. The molecule has 0 atom stereocenters. The summed E-state index contributed by atoms with van der Waals surface area (Å²) in [5, 5.41) is 2.87. The average Bonchev–Trinajstić information content (AvgIpc) is 3.25. The summed E-state index contributed by atoms with van der Waals surface area (Å²) in [6.45, 7) is 5.77. The zero-order valence-electron chi connectivity index (χ0n) is 17.4. The Morgan fingerprint density at radius 2 is 1.73 bits per heavy atom. The molecule has 0 spiro atoms. The molecule has 1 amide bonds. The molecule has 0 saturated carbocycles. The van der Waals surface area contributed by atoms with Gasteiger partial charge < -0.3 is 14.8 Å². The van der Waals surface area contributed by atoms with Crippen LogP contribution in [0.15, 0.2) is 52.3 Å². The quantitative estimate of drug-likeness (QED) is 0.690. The Morgan fingerprint density at radius 1 is 1.07 bits per heavy atom. The molecule has 1 aromatic carbocycles. The molecular weight excluding hydrogens is 404 g/mol. The number of carbonyl (C=O) groups is 1. The molecule has 2 heterocycles. The van der Waals surface area contributed by atoms with Gasteiger partial charge in [-0.2, -0.15) is 4.31 Å². The molecule has 162 valence electrons. The topological polar surface area (TPSA) is 91.7 Å². The first-order chi connectivity index (χ1) is 14.4. The Labute approximate surface area is 177 Å². The zero-order chi connectivity index (χ0) is 21.7. The molecule has 1 saturated heterocycles. The van der Waals surface area contributed by atoms with Crippen LogP contribution in [0.3, 0.4) is 0 Å². The Morgan fingerprint density at radius 3 is 2.40 bits per heavy atom. The summed E-state index contributed by atoms with van der Waals surface area (Å²) in [5.41, 5.74) is 1.20. The van der Waals surface area contributed by atoms with Crippen molar-refractivity contribution in [3.8, 4) is 0 Å². The van der Waals surface area contributed by atoms with Gasteiger partial charge in [0.25, 0.3) is 5.56 Å². The Balaban J connectivity index is 1.80. The van der Waals surface area contributed by atoms with E-state index in [1.165, 1.54) is 22.6 Å². The van der Waals surface area contributed by atoms with Crippen molar-refractivity contribution in [3.05, 3.63) is 52.9 Å². The van der Waals surface area contributed by atoms with Crippen molar-refractivity contribution in [1.82, 2.24) is 8.87 Å². The van der Waals surface area contributed by atoms with E-state index in [4.69, 9.17) is 0 Å². The van der Waals surface area contributed by atoms with E-state index in [9.17, 15) is 18.0 Å².